The third-order valence-electron chi connectivity index (χ3n) is 2.28. The smallest absolute Gasteiger partial charge is 0.101 e. The van der Waals surface area contributed by atoms with Gasteiger partial charge in [0.25, 0.3) is 0 Å². The molecular formula is C14H30O4. The van der Waals surface area contributed by atoms with Crippen molar-refractivity contribution in [2.24, 2.45) is 5.41 Å². The normalized spacial score (nSPS) is 16.7. The van der Waals surface area contributed by atoms with Crippen molar-refractivity contribution in [2.45, 2.75) is 65.8 Å². The molecule has 2 unspecified atom stereocenters. The van der Waals surface area contributed by atoms with Crippen LogP contribution >= 0.6 is 0 Å². The summed E-state index contributed by atoms with van der Waals surface area (Å²) in [5.74, 6) is 0. The molecule has 0 aliphatic rings. The van der Waals surface area contributed by atoms with Crippen molar-refractivity contribution < 1.29 is 19.7 Å². The highest BCUT2D eigenvalue weighted by atomic mass is 16.5. The molecule has 0 fully saturated rings. The van der Waals surface area contributed by atoms with E-state index in [1.165, 1.54) is 0 Å². The molecule has 18 heavy (non-hydrogen) atoms. The van der Waals surface area contributed by atoms with Crippen molar-refractivity contribution in [3.05, 3.63) is 0 Å². The Bertz CT molecular complexity index is 215. The van der Waals surface area contributed by atoms with Gasteiger partial charge in [0.1, 0.15) is 6.10 Å². The molecule has 0 aromatic heterocycles. The van der Waals surface area contributed by atoms with Gasteiger partial charge < -0.3 is 19.7 Å². The third-order valence-corrected chi connectivity index (χ3v) is 2.28. The quantitative estimate of drug-likeness (QED) is 0.736. The Labute approximate surface area is 111 Å². The van der Waals surface area contributed by atoms with Gasteiger partial charge >= 0.3 is 0 Å². The van der Waals surface area contributed by atoms with Crippen LogP contribution in [0.25, 0.3) is 0 Å². The van der Waals surface area contributed by atoms with Crippen molar-refractivity contribution in [3.8, 4) is 0 Å². The van der Waals surface area contributed by atoms with E-state index in [-0.39, 0.29) is 36.9 Å². The van der Waals surface area contributed by atoms with Crippen LogP contribution in [0.1, 0.15) is 48.0 Å². The summed E-state index contributed by atoms with van der Waals surface area (Å²) in [6, 6.07) is 0. The summed E-state index contributed by atoms with van der Waals surface area (Å²) in [5.41, 5.74) is -0.164. The molecule has 0 rings (SSSR count). The lowest BCUT2D eigenvalue weighted by Gasteiger charge is -2.26. The summed E-state index contributed by atoms with van der Waals surface area (Å²) in [5, 5.41) is 18.9. The van der Waals surface area contributed by atoms with Gasteiger partial charge in [-0.15, -0.1) is 0 Å². The molecule has 0 radical (unpaired) electrons. The lowest BCUT2D eigenvalue weighted by Crippen LogP contribution is -2.32. The van der Waals surface area contributed by atoms with E-state index in [1.807, 2.05) is 20.8 Å². The molecule has 2 atom stereocenters. The molecule has 2 N–H and O–H groups in total. The second-order valence-electron chi connectivity index (χ2n) is 6.98. The van der Waals surface area contributed by atoms with Gasteiger partial charge in [0.05, 0.1) is 31.5 Å². The van der Waals surface area contributed by atoms with Crippen LogP contribution in [-0.2, 0) is 9.47 Å². The molecule has 0 aliphatic carbocycles. The lowest BCUT2D eigenvalue weighted by atomic mass is 9.89. The Morgan fingerprint density at radius 3 is 1.94 bits per heavy atom. The zero-order valence-electron chi connectivity index (χ0n) is 12.7. The van der Waals surface area contributed by atoms with Crippen LogP contribution in [0.5, 0.6) is 0 Å². The number of rotatable bonds is 7. The highest BCUT2D eigenvalue weighted by Crippen LogP contribution is 2.22. The van der Waals surface area contributed by atoms with Crippen molar-refractivity contribution in [1.29, 1.82) is 0 Å². The number of aliphatic hydroxyl groups is 2. The Balaban J connectivity index is 3.91. The molecular weight excluding hydrogens is 232 g/mol. The fourth-order valence-electron chi connectivity index (χ4n) is 1.50. The van der Waals surface area contributed by atoms with Gasteiger partial charge in [-0.1, -0.05) is 20.8 Å². The Hall–Kier alpha value is -0.160. The molecule has 0 bridgehead atoms. The zero-order valence-corrected chi connectivity index (χ0v) is 12.7. The van der Waals surface area contributed by atoms with Crippen LogP contribution in [0.15, 0.2) is 0 Å². The highest BCUT2D eigenvalue weighted by molar-refractivity contribution is 4.70. The van der Waals surface area contributed by atoms with Gasteiger partial charge in [-0.25, -0.2) is 0 Å². The van der Waals surface area contributed by atoms with Crippen LogP contribution < -0.4 is 0 Å². The Morgan fingerprint density at radius 1 is 1.00 bits per heavy atom. The van der Waals surface area contributed by atoms with E-state index >= 15 is 0 Å². The lowest BCUT2D eigenvalue weighted by molar-refractivity contribution is -0.0936. The summed E-state index contributed by atoms with van der Waals surface area (Å²) in [4.78, 5) is 0. The second kappa shape index (κ2) is 7.43. The molecule has 0 aromatic rings. The van der Waals surface area contributed by atoms with Crippen molar-refractivity contribution >= 4 is 0 Å². The van der Waals surface area contributed by atoms with Crippen molar-refractivity contribution in [1.82, 2.24) is 0 Å². The maximum atomic E-state index is 9.72. The molecule has 0 heterocycles. The van der Waals surface area contributed by atoms with Gasteiger partial charge in [-0.3, -0.25) is 0 Å². The predicted molar refractivity (Wildman–Crippen MR) is 72.6 cm³/mol. The minimum Gasteiger partial charge on any atom is -0.394 e. The summed E-state index contributed by atoms with van der Waals surface area (Å²) < 4.78 is 11.0. The standard InChI is InChI=1S/C14H30O4/c1-13(2,3)7-12(8-15)17-9-11(16)10-18-14(4,5)6/h11-12,15-16H,7-10H2,1-6H3. The number of hydrogen-bond donors (Lipinski definition) is 2. The van der Waals surface area contributed by atoms with E-state index in [1.54, 1.807) is 0 Å². The van der Waals surface area contributed by atoms with Gasteiger partial charge in [0, 0.05) is 0 Å². The first-order valence-corrected chi connectivity index (χ1v) is 6.58. The van der Waals surface area contributed by atoms with Crippen LogP contribution in [0.3, 0.4) is 0 Å². The van der Waals surface area contributed by atoms with E-state index in [0.29, 0.717) is 0 Å². The highest BCUT2D eigenvalue weighted by Gasteiger charge is 2.20. The monoisotopic (exact) mass is 262 g/mol. The summed E-state index contributed by atoms with van der Waals surface area (Å²) in [6.45, 7) is 12.5. The van der Waals surface area contributed by atoms with Crippen LogP contribution in [0.4, 0.5) is 0 Å². The molecule has 110 valence electrons. The van der Waals surface area contributed by atoms with E-state index in [4.69, 9.17) is 9.47 Å². The third kappa shape index (κ3) is 11.0. The van der Waals surface area contributed by atoms with E-state index in [9.17, 15) is 10.2 Å². The Kier molecular flexibility index (Phi) is 7.37. The van der Waals surface area contributed by atoms with Crippen LogP contribution in [0, 0.1) is 5.41 Å². The molecule has 0 spiro atoms. The predicted octanol–water partition coefficient (Wildman–Crippen LogP) is 1.98. The summed E-state index contributed by atoms with van der Waals surface area (Å²) >= 11 is 0. The average Bonchev–Trinajstić information content (AvgIpc) is 2.18. The molecule has 4 nitrogen and oxygen atoms in total. The number of aliphatic hydroxyl groups excluding tert-OH is 2. The molecule has 0 saturated carbocycles. The minimum absolute atomic E-state index is 0.0237. The second-order valence-corrected chi connectivity index (χ2v) is 6.98. The molecule has 0 amide bonds. The topological polar surface area (TPSA) is 58.9 Å². The zero-order chi connectivity index (χ0) is 14.4. The number of hydrogen-bond acceptors (Lipinski definition) is 4. The first kappa shape index (κ1) is 17.8. The number of ether oxygens (including phenoxy) is 2. The van der Waals surface area contributed by atoms with E-state index in [2.05, 4.69) is 20.8 Å². The van der Waals surface area contributed by atoms with Gasteiger partial charge in [0.2, 0.25) is 0 Å². The maximum absolute atomic E-state index is 9.72. The van der Waals surface area contributed by atoms with Gasteiger partial charge in [-0.2, -0.15) is 0 Å². The minimum atomic E-state index is -0.654. The SMILES string of the molecule is CC(C)(C)CC(CO)OCC(O)COC(C)(C)C. The molecule has 0 aromatic carbocycles. The Morgan fingerprint density at radius 2 is 1.56 bits per heavy atom. The summed E-state index contributed by atoms with van der Waals surface area (Å²) in [6.07, 6.45) is -0.122. The van der Waals surface area contributed by atoms with Crippen molar-refractivity contribution in [2.75, 3.05) is 19.8 Å². The van der Waals surface area contributed by atoms with E-state index in [0.717, 1.165) is 6.42 Å². The maximum Gasteiger partial charge on any atom is 0.101 e. The van der Waals surface area contributed by atoms with Crippen LogP contribution in [-0.4, -0.2) is 47.8 Å². The van der Waals surface area contributed by atoms with Gasteiger partial charge in [0.15, 0.2) is 0 Å². The average molecular weight is 262 g/mol. The molecule has 0 saturated heterocycles. The molecule has 0 aliphatic heterocycles. The molecule has 4 heteroatoms. The fraction of sp³-hybridized carbons (Fsp3) is 1.00. The largest absolute Gasteiger partial charge is 0.394 e. The fourth-order valence-corrected chi connectivity index (χ4v) is 1.50. The summed E-state index contributed by atoms with van der Waals surface area (Å²) in [7, 11) is 0. The van der Waals surface area contributed by atoms with E-state index < -0.39 is 6.10 Å². The van der Waals surface area contributed by atoms with Gasteiger partial charge in [-0.05, 0) is 32.6 Å². The first-order valence-electron chi connectivity index (χ1n) is 6.58. The van der Waals surface area contributed by atoms with Crippen molar-refractivity contribution in [3.63, 3.8) is 0 Å². The van der Waals surface area contributed by atoms with Crippen LogP contribution in [0.2, 0.25) is 0 Å². The first-order chi connectivity index (χ1) is 8.03.